The molecular formula is C15H17N5OS. The van der Waals surface area contributed by atoms with Crippen LogP contribution in [-0.2, 0) is 0 Å². The molecule has 0 bridgehead atoms. The predicted molar refractivity (Wildman–Crippen MR) is 87.3 cm³/mol. The number of aromatic amines is 2. The summed E-state index contributed by atoms with van der Waals surface area (Å²) in [5, 5.41) is 16.7. The van der Waals surface area contributed by atoms with Crippen LogP contribution in [0.3, 0.4) is 0 Å². The first kappa shape index (κ1) is 14.5. The van der Waals surface area contributed by atoms with Gasteiger partial charge in [-0.3, -0.25) is 15.0 Å². The van der Waals surface area contributed by atoms with Crippen LogP contribution in [0.1, 0.15) is 40.8 Å². The highest BCUT2D eigenvalue weighted by Crippen LogP contribution is 2.27. The Labute approximate surface area is 132 Å². The lowest BCUT2D eigenvalue weighted by Gasteiger charge is -1.97. The number of thiophene rings is 1. The van der Waals surface area contributed by atoms with Crippen molar-refractivity contribution < 1.29 is 4.79 Å². The maximum atomic E-state index is 12.2. The predicted octanol–water partition coefficient (Wildman–Crippen LogP) is 3.55. The lowest BCUT2D eigenvalue weighted by atomic mass is 10.1. The van der Waals surface area contributed by atoms with Crippen molar-refractivity contribution in [2.75, 3.05) is 5.32 Å². The van der Waals surface area contributed by atoms with Gasteiger partial charge in [-0.2, -0.15) is 10.2 Å². The largest absolute Gasteiger partial charge is 0.304 e. The van der Waals surface area contributed by atoms with Gasteiger partial charge in [0.1, 0.15) is 0 Å². The van der Waals surface area contributed by atoms with Gasteiger partial charge in [0.25, 0.3) is 5.91 Å². The number of carbonyl (C=O) groups is 1. The topological polar surface area (TPSA) is 86.5 Å². The van der Waals surface area contributed by atoms with E-state index < -0.39 is 0 Å². The fourth-order valence-corrected chi connectivity index (χ4v) is 2.85. The lowest BCUT2D eigenvalue weighted by molar-refractivity contribution is 0.102. The number of H-pyrrole nitrogens is 2. The van der Waals surface area contributed by atoms with Gasteiger partial charge in [0.15, 0.2) is 11.5 Å². The van der Waals surface area contributed by atoms with Crippen molar-refractivity contribution in [3.63, 3.8) is 0 Å². The maximum Gasteiger partial charge on any atom is 0.277 e. The van der Waals surface area contributed by atoms with Gasteiger partial charge in [-0.1, -0.05) is 13.8 Å². The fraction of sp³-hybridized carbons (Fsp3) is 0.267. The minimum atomic E-state index is -0.274. The quantitative estimate of drug-likeness (QED) is 0.688. The summed E-state index contributed by atoms with van der Waals surface area (Å²) in [4.78, 5) is 14.5. The SMILES string of the molecule is Cc1ccc(-c2cc(NC(=O)c3cc(C(C)C)[nH]n3)n[nH]2)s1. The second-order valence-electron chi connectivity index (χ2n) is 5.39. The standard InChI is InChI=1S/C15H17N5OS/c1-8(2)10-6-12(19-17-10)15(21)16-14-7-11(18-20-14)13-5-4-9(3)22-13/h4-8H,1-3H3,(H,17,19)(H2,16,18,20,21). The third-order valence-electron chi connectivity index (χ3n) is 3.28. The van der Waals surface area contributed by atoms with Gasteiger partial charge in [-0.25, -0.2) is 0 Å². The summed E-state index contributed by atoms with van der Waals surface area (Å²) < 4.78 is 0. The minimum absolute atomic E-state index is 0.274. The zero-order chi connectivity index (χ0) is 15.7. The number of hydrogen-bond donors (Lipinski definition) is 3. The molecule has 0 saturated carbocycles. The Bertz CT molecular complexity index is 798. The van der Waals surface area contributed by atoms with E-state index in [9.17, 15) is 4.79 Å². The third kappa shape index (κ3) is 2.94. The van der Waals surface area contributed by atoms with Crippen LogP contribution >= 0.6 is 11.3 Å². The molecule has 3 N–H and O–H groups in total. The second-order valence-corrected chi connectivity index (χ2v) is 6.68. The third-order valence-corrected chi connectivity index (χ3v) is 4.31. The number of rotatable bonds is 4. The normalized spacial score (nSPS) is 11.1. The monoisotopic (exact) mass is 315 g/mol. The first-order valence-electron chi connectivity index (χ1n) is 7.02. The molecule has 22 heavy (non-hydrogen) atoms. The summed E-state index contributed by atoms with van der Waals surface area (Å²) in [6.07, 6.45) is 0. The number of aryl methyl sites for hydroxylation is 1. The average molecular weight is 315 g/mol. The Hall–Kier alpha value is -2.41. The Kier molecular flexibility index (Phi) is 3.81. The van der Waals surface area contributed by atoms with Crippen LogP contribution in [0.2, 0.25) is 0 Å². The highest BCUT2D eigenvalue weighted by Gasteiger charge is 2.14. The molecule has 1 amide bonds. The zero-order valence-corrected chi connectivity index (χ0v) is 13.4. The van der Waals surface area contributed by atoms with Crippen molar-refractivity contribution in [1.29, 1.82) is 0 Å². The molecule has 114 valence electrons. The molecule has 0 saturated heterocycles. The molecule has 0 aliphatic carbocycles. The maximum absolute atomic E-state index is 12.2. The van der Waals surface area contributed by atoms with E-state index in [0.29, 0.717) is 17.4 Å². The van der Waals surface area contributed by atoms with Crippen LogP contribution in [0.5, 0.6) is 0 Å². The lowest BCUT2D eigenvalue weighted by Crippen LogP contribution is -2.12. The van der Waals surface area contributed by atoms with Crippen LogP contribution in [-0.4, -0.2) is 26.3 Å². The first-order valence-corrected chi connectivity index (χ1v) is 7.83. The molecule has 0 radical (unpaired) electrons. The molecule has 0 unspecified atom stereocenters. The van der Waals surface area contributed by atoms with Crippen molar-refractivity contribution >= 4 is 23.1 Å². The van der Waals surface area contributed by atoms with Gasteiger partial charge in [-0.15, -0.1) is 11.3 Å². The van der Waals surface area contributed by atoms with Crippen LogP contribution < -0.4 is 5.32 Å². The van der Waals surface area contributed by atoms with Gasteiger partial charge < -0.3 is 5.32 Å². The van der Waals surface area contributed by atoms with Gasteiger partial charge in [0, 0.05) is 16.6 Å². The highest BCUT2D eigenvalue weighted by molar-refractivity contribution is 7.15. The molecule has 0 aliphatic heterocycles. The smallest absolute Gasteiger partial charge is 0.277 e. The molecule has 0 aliphatic rings. The molecule has 3 heterocycles. The summed E-state index contributed by atoms with van der Waals surface area (Å²) in [6, 6.07) is 7.66. The average Bonchev–Trinajstić information content (AvgIpc) is 3.17. The number of nitrogens with one attached hydrogen (secondary N) is 3. The number of nitrogens with zero attached hydrogens (tertiary/aromatic N) is 2. The fourth-order valence-electron chi connectivity index (χ4n) is 2.02. The molecular weight excluding hydrogens is 298 g/mol. The van der Waals surface area contributed by atoms with E-state index in [-0.39, 0.29) is 5.91 Å². The zero-order valence-electron chi connectivity index (χ0n) is 12.6. The van der Waals surface area contributed by atoms with E-state index in [2.05, 4.69) is 38.7 Å². The van der Waals surface area contributed by atoms with E-state index in [1.54, 1.807) is 17.4 Å². The summed E-state index contributed by atoms with van der Waals surface area (Å²) in [6.45, 7) is 6.13. The van der Waals surface area contributed by atoms with Crippen molar-refractivity contribution in [2.45, 2.75) is 26.7 Å². The Morgan fingerprint density at radius 3 is 2.68 bits per heavy atom. The summed E-state index contributed by atoms with van der Waals surface area (Å²) >= 11 is 1.67. The van der Waals surface area contributed by atoms with Crippen molar-refractivity contribution in [3.8, 4) is 10.6 Å². The summed E-state index contributed by atoms with van der Waals surface area (Å²) in [5.41, 5.74) is 2.18. The molecule has 0 aromatic carbocycles. The molecule has 3 aromatic heterocycles. The summed E-state index contributed by atoms with van der Waals surface area (Å²) in [5.74, 6) is 0.511. The van der Waals surface area contributed by atoms with Crippen LogP contribution in [0.25, 0.3) is 10.6 Å². The van der Waals surface area contributed by atoms with E-state index in [1.165, 1.54) is 4.88 Å². The Morgan fingerprint density at radius 2 is 2.05 bits per heavy atom. The molecule has 7 heteroatoms. The van der Waals surface area contributed by atoms with Crippen LogP contribution in [0.15, 0.2) is 24.3 Å². The van der Waals surface area contributed by atoms with E-state index in [1.807, 2.05) is 26.0 Å². The molecule has 3 aromatic rings. The highest BCUT2D eigenvalue weighted by atomic mass is 32.1. The molecule has 6 nitrogen and oxygen atoms in total. The van der Waals surface area contributed by atoms with Gasteiger partial charge in [-0.05, 0) is 31.0 Å². The van der Waals surface area contributed by atoms with Crippen LogP contribution in [0.4, 0.5) is 5.82 Å². The number of amides is 1. The van der Waals surface area contributed by atoms with Crippen molar-refractivity contribution in [2.24, 2.45) is 0 Å². The minimum Gasteiger partial charge on any atom is -0.304 e. The van der Waals surface area contributed by atoms with E-state index in [0.717, 1.165) is 16.3 Å². The second kappa shape index (κ2) is 5.76. The van der Waals surface area contributed by atoms with Crippen molar-refractivity contribution in [3.05, 3.63) is 40.5 Å². The molecule has 3 rings (SSSR count). The molecule has 0 fully saturated rings. The van der Waals surface area contributed by atoms with Gasteiger partial charge >= 0.3 is 0 Å². The first-order chi connectivity index (χ1) is 10.5. The van der Waals surface area contributed by atoms with Gasteiger partial charge in [0.2, 0.25) is 0 Å². The van der Waals surface area contributed by atoms with E-state index in [4.69, 9.17) is 0 Å². The number of carbonyl (C=O) groups excluding carboxylic acids is 1. The molecule has 0 atom stereocenters. The van der Waals surface area contributed by atoms with Crippen LogP contribution in [0, 0.1) is 6.92 Å². The Morgan fingerprint density at radius 1 is 1.23 bits per heavy atom. The number of hydrogen-bond acceptors (Lipinski definition) is 4. The Balaban J connectivity index is 1.73. The van der Waals surface area contributed by atoms with E-state index >= 15 is 0 Å². The number of aromatic nitrogens is 4. The molecule has 0 spiro atoms. The van der Waals surface area contributed by atoms with Gasteiger partial charge in [0.05, 0.1) is 10.6 Å². The summed E-state index contributed by atoms with van der Waals surface area (Å²) in [7, 11) is 0. The van der Waals surface area contributed by atoms with Crippen molar-refractivity contribution in [1.82, 2.24) is 20.4 Å². The number of anilines is 1.